The van der Waals surface area contributed by atoms with Gasteiger partial charge in [0.05, 0.1) is 6.54 Å². The van der Waals surface area contributed by atoms with Crippen LogP contribution in [0, 0.1) is 0 Å². The third-order valence-corrected chi connectivity index (χ3v) is 4.51. The average Bonchev–Trinajstić information content (AvgIpc) is 2.86. The van der Waals surface area contributed by atoms with Gasteiger partial charge in [0.1, 0.15) is 5.76 Å². The summed E-state index contributed by atoms with van der Waals surface area (Å²) in [5.41, 5.74) is 0. The molecule has 5 nitrogen and oxygen atoms in total. The molecule has 6 heteroatoms. The quantitative estimate of drug-likeness (QED) is 0.697. The molecular formula is C14H26N2O3S. The van der Waals surface area contributed by atoms with E-state index in [-0.39, 0.29) is 11.1 Å². The summed E-state index contributed by atoms with van der Waals surface area (Å²) in [5.74, 6) is 0.619. The largest absolute Gasteiger partial charge is 0.447 e. The molecule has 0 bridgehead atoms. The summed E-state index contributed by atoms with van der Waals surface area (Å²) < 4.78 is 32.7. The highest BCUT2D eigenvalue weighted by atomic mass is 32.2. The third-order valence-electron chi connectivity index (χ3n) is 3.12. The van der Waals surface area contributed by atoms with Crippen LogP contribution >= 0.6 is 0 Å². The lowest BCUT2D eigenvalue weighted by Crippen LogP contribution is -2.34. The van der Waals surface area contributed by atoms with Gasteiger partial charge in [-0.3, -0.25) is 0 Å². The molecule has 20 heavy (non-hydrogen) atoms. The summed E-state index contributed by atoms with van der Waals surface area (Å²) in [4.78, 5) is 0. The van der Waals surface area contributed by atoms with Gasteiger partial charge in [-0.25, -0.2) is 13.1 Å². The number of sulfonamides is 1. The maximum absolute atomic E-state index is 12.3. The van der Waals surface area contributed by atoms with Crippen molar-refractivity contribution < 1.29 is 12.8 Å². The van der Waals surface area contributed by atoms with Crippen molar-refractivity contribution in [2.24, 2.45) is 0 Å². The second-order valence-corrected chi connectivity index (χ2v) is 6.65. The Bertz CT molecular complexity index is 482. The highest BCUT2D eigenvalue weighted by molar-refractivity contribution is 7.89. The monoisotopic (exact) mass is 302 g/mol. The van der Waals surface area contributed by atoms with Gasteiger partial charge in [-0.1, -0.05) is 33.1 Å². The summed E-state index contributed by atoms with van der Waals surface area (Å²) in [5, 5.41) is 2.93. The smallest absolute Gasteiger partial charge is 0.274 e. The van der Waals surface area contributed by atoms with Crippen LogP contribution in [0.5, 0.6) is 0 Å². The number of rotatable bonds is 10. The Morgan fingerprint density at radius 3 is 2.55 bits per heavy atom. The lowest BCUT2D eigenvalue weighted by molar-refractivity contribution is 0.398. The van der Waals surface area contributed by atoms with E-state index in [4.69, 9.17) is 4.42 Å². The van der Waals surface area contributed by atoms with Crippen molar-refractivity contribution in [3.05, 3.63) is 17.9 Å². The molecule has 116 valence electrons. The van der Waals surface area contributed by atoms with E-state index in [1.165, 1.54) is 6.07 Å². The Morgan fingerprint density at radius 1 is 1.20 bits per heavy atom. The molecule has 1 unspecified atom stereocenters. The molecule has 0 amide bonds. The lowest BCUT2D eigenvalue weighted by Gasteiger charge is -2.16. The first-order chi connectivity index (χ1) is 9.53. The standard InChI is InChI=1S/C14H26N2O3S/c1-4-6-8-12(7-5-2)16-20(17,18)14-10-9-13(19-14)11-15-3/h9-10,12,15-16H,4-8,11H2,1-3H3. The molecular weight excluding hydrogens is 276 g/mol. The minimum Gasteiger partial charge on any atom is -0.447 e. The van der Waals surface area contributed by atoms with E-state index in [1.807, 2.05) is 0 Å². The molecule has 1 rings (SSSR count). The molecule has 1 aromatic rings. The van der Waals surface area contributed by atoms with Crippen molar-refractivity contribution in [1.29, 1.82) is 0 Å². The van der Waals surface area contributed by atoms with Crippen LogP contribution in [0.25, 0.3) is 0 Å². The second-order valence-electron chi connectivity index (χ2n) is 5.00. The van der Waals surface area contributed by atoms with Gasteiger partial charge < -0.3 is 9.73 Å². The second kappa shape index (κ2) is 8.44. The number of furan rings is 1. The maximum atomic E-state index is 12.3. The molecule has 1 heterocycles. The summed E-state index contributed by atoms with van der Waals surface area (Å²) >= 11 is 0. The molecule has 0 aliphatic carbocycles. The van der Waals surface area contributed by atoms with Crippen molar-refractivity contribution >= 4 is 10.0 Å². The van der Waals surface area contributed by atoms with Crippen molar-refractivity contribution in [2.75, 3.05) is 7.05 Å². The predicted octanol–water partition coefficient (Wildman–Crippen LogP) is 2.64. The first-order valence-electron chi connectivity index (χ1n) is 7.29. The van der Waals surface area contributed by atoms with Crippen LogP contribution in [-0.4, -0.2) is 21.5 Å². The van der Waals surface area contributed by atoms with Gasteiger partial charge in [0, 0.05) is 6.04 Å². The van der Waals surface area contributed by atoms with Crippen LogP contribution in [0.1, 0.15) is 51.7 Å². The van der Waals surface area contributed by atoms with E-state index >= 15 is 0 Å². The molecule has 0 spiro atoms. The average molecular weight is 302 g/mol. The Morgan fingerprint density at radius 2 is 1.95 bits per heavy atom. The first-order valence-corrected chi connectivity index (χ1v) is 8.77. The Kier molecular flexibility index (Phi) is 7.26. The highest BCUT2D eigenvalue weighted by Gasteiger charge is 2.22. The van der Waals surface area contributed by atoms with E-state index in [0.29, 0.717) is 12.3 Å². The van der Waals surface area contributed by atoms with Gasteiger partial charge in [0.25, 0.3) is 10.0 Å². The van der Waals surface area contributed by atoms with E-state index in [1.54, 1.807) is 13.1 Å². The van der Waals surface area contributed by atoms with E-state index < -0.39 is 10.0 Å². The Hall–Kier alpha value is -0.850. The molecule has 0 saturated heterocycles. The topological polar surface area (TPSA) is 71.3 Å². The molecule has 1 atom stereocenters. The van der Waals surface area contributed by atoms with E-state index in [2.05, 4.69) is 23.9 Å². The fourth-order valence-corrected chi connectivity index (χ4v) is 3.37. The SMILES string of the molecule is CCCCC(CCC)NS(=O)(=O)c1ccc(CNC)o1. The molecule has 0 saturated carbocycles. The van der Waals surface area contributed by atoms with E-state index in [0.717, 1.165) is 32.1 Å². The van der Waals surface area contributed by atoms with Gasteiger partial charge in [-0.2, -0.15) is 0 Å². The fraction of sp³-hybridized carbons (Fsp3) is 0.714. The molecule has 1 aromatic heterocycles. The maximum Gasteiger partial charge on any atom is 0.274 e. The predicted molar refractivity (Wildman–Crippen MR) is 80.0 cm³/mol. The normalized spacial score (nSPS) is 13.6. The summed E-state index contributed by atoms with van der Waals surface area (Å²) in [6, 6.07) is 3.19. The molecule has 0 aliphatic rings. The summed E-state index contributed by atoms with van der Waals surface area (Å²) in [6.07, 6.45) is 4.77. The molecule has 0 radical (unpaired) electrons. The molecule has 0 aliphatic heterocycles. The first kappa shape index (κ1) is 17.2. The van der Waals surface area contributed by atoms with Crippen LogP contribution in [0.15, 0.2) is 21.6 Å². The third kappa shape index (κ3) is 5.26. The van der Waals surface area contributed by atoms with Gasteiger partial charge in [-0.05, 0) is 32.0 Å². The van der Waals surface area contributed by atoms with Crippen LogP contribution in [0.3, 0.4) is 0 Å². The minimum absolute atomic E-state index is 0.000325. The van der Waals surface area contributed by atoms with Crippen LogP contribution in [0.4, 0.5) is 0 Å². The zero-order valence-corrected chi connectivity index (χ0v) is 13.4. The van der Waals surface area contributed by atoms with Gasteiger partial charge >= 0.3 is 0 Å². The van der Waals surface area contributed by atoms with Crippen molar-refractivity contribution in [3.8, 4) is 0 Å². The van der Waals surface area contributed by atoms with Crippen molar-refractivity contribution in [3.63, 3.8) is 0 Å². The van der Waals surface area contributed by atoms with Gasteiger partial charge in [0.15, 0.2) is 0 Å². The molecule has 0 fully saturated rings. The van der Waals surface area contributed by atoms with Crippen LogP contribution in [-0.2, 0) is 16.6 Å². The minimum atomic E-state index is -3.55. The van der Waals surface area contributed by atoms with Crippen molar-refractivity contribution in [1.82, 2.24) is 10.0 Å². The van der Waals surface area contributed by atoms with Gasteiger partial charge in [0.2, 0.25) is 5.09 Å². The van der Waals surface area contributed by atoms with Gasteiger partial charge in [-0.15, -0.1) is 0 Å². The van der Waals surface area contributed by atoms with E-state index in [9.17, 15) is 8.42 Å². The zero-order valence-electron chi connectivity index (χ0n) is 12.6. The van der Waals surface area contributed by atoms with Crippen LogP contribution < -0.4 is 10.0 Å². The van der Waals surface area contributed by atoms with Crippen LogP contribution in [0.2, 0.25) is 0 Å². The Labute approximate surface area is 122 Å². The highest BCUT2D eigenvalue weighted by Crippen LogP contribution is 2.16. The van der Waals surface area contributed by atoms with Crippen molar-refractivity contribution in [2.45, 2.75) is 63.6 Å². The fourth-order valence-electron chi connectivity index (χ4n) is 2.11. The lowest BCUT2D eigenvalue weighted by atomic mass is 10.1. The zero-order chi connectivity index (χ0) is 15.0. The Balaban J connectivity index is 2.74. The summed E-state index contributed by atoms with van der Waals surface area (Å²) in [7, 11) is -1.77. The number of nitrogens with one attached hydrogen (secondary N) is 2. The molecule has 0 aromatic carbocycles. The number of hydrogen-bond donors (Lipinski definition) is 2. The summed E-state index contributed by atoms with van der Waals surface area (Å²) in [6.45, 7) is 4.68. The number of unbranched alkanes of at least 4 members (excludes halogenated alkanes) is 1. The number of hydrogen-bond acceptors (Lipinski definition) is 4. The molecule has 2 N–H and O–H groups in total.